The fraction of sp³-hybridized carbons (Fsp3) is 0.409. The lowest BCUT2D eigenvalue weighted by Crippen LogP contribution is -2.30. The lowest BCUT2D eigenvalue weighted by molar-refractivity contribution is 0.0803. The number of carbonyl (C=O) groups is 1. The number of carbonyl (C=O) groups excluding carboxylic acids is 1. The molecule has 3 rings (SSSR count). The van der Waals surface area contributed by atoms with Gasteiger partial charge in [-0.25, -0.2) is 0 Å². The highest BCUT2D eigenvalue weighted by Crippen LogP contribution is 2.24. The molecule has 2 aromatic rings. The van der Waals surface area contributed by atoms with Crippen LogP contribution in [0.25, 0.3) is 0 Å². The summed E-state index contributed by atoms with van der Waals surface area (Å²) < 4.78 is 0. The molecule has 4 heteroatoms. The molecule has 1 aliphatic rings. The van der Waals surface area contributed by atoms with Gasteiger partial charge in [0.2, 0.25) is 0 Å². The third kappa shape index (κ3) is 5.12. The van der Waals surface area contributed by atoms with Crippen LogP contribution in [0.15, 0.2) is 53.4 Å². The highest BCUT2D eigenvalue weighted by atomic mass is 32.2. The zero-order valence-electron chi connectivity index (χ0n) is 15.7. The maximum absolute atomic E-state index is 12.8. The molecule has 1 aliphatic heterocycles. The SMILES string of the molecule is Cc1ccc(SCCN(C)C(=O)c2cccc([C@H]3CCCNC3)c2)cc1. The zero-order chi connectivity index (χ0) is 18.4. The summed E-state index contributed by atoms with van der Waals surface area (Å²) in [4.78, 5) is 15.9. The average Bonchev–Trinajstić information content (AvgIpc) is 2.69. The number of amides is 1. The summed E-state index contributed by atoms with van der Waals surface area (Å²) in [6.07, 6.45) is 2.41. The van der Waals surface area contributed by atoms with Crippen molar-refractivity contribution in [2.45, 2.75) is 30.6 Å². The Kier molecular flexibility index (Phi) is 6.75. The number of aryl methyl sites for hydroxylation is 1. The van der Waals surface area contributed by atoms with Crippen molar-refractivity contribution in [2.24, 2.45) is 0 Å². The van der Waals surface area contributed by atoms with Crippen molar-refractivity contribution in [3.63, 3.8) is 0 Å². The highest BCUT2D eigenvalue weighted by molar-refractivity contribution is 7.99. The first-order chi connectivity index (χ1) is 12.6. The van der Waals surface area contributed by atoms with Crippen LogP contribution in [0.5, 0.6) is 0 Å². The largest absolute Gasteiger partial charge is 0.341 e. The summed E-state index contributed by atoms with van der Waals surface area (Å²) >= 11 is 1.79. The fourth-order valence-electron chi connectivity index (χ4n) is 3.32. The minimum absolute atomic E-state index is 0.111. The number of thioether (sulfide) groups is 1. The second kappa shape index (κ2) is 9.24. The van der Waals surface area contributed by atoms with Crippen molar-refractivity contribution in [1.29, 1.82) is 0 Å². The van der Waals surface area contributed by atoms with Crippen LogP contribution in [0.2, 0.25) is 0 Å². The summed E-state index contributed by atoms with van der Waals surface area (Å²) in [5, 5.41) is 3.45. The number of benzene rings is 2. The first-order valence-corrected chi connectivity index (χ1v) is 10.4. The lowest BCUT2D eigenvalue weighted by Gasteiger charge is -2.24. The van der Waals surface area contributed by atoms with Crippen LogP contribution in [-0.2, 0) is 0 Å². The molecule has 3 nitrogen and oxygen atoms in total. The second-order valence-corrected chi connectivity index (χ2v) is 8.23. The number of hydrogen-bond donors (Lipinski definition) is 1. The van der Waals surface area contributed by atoms with E-state index in [1.165, 1.54) is 28.9 Å². The van der Waals surface area contributed by atoms with Gasteiger partial charge in [0, 0.05) is 36.3 Å². The van der Waals surface area contributed by atoms with E-state index in [1.807, 2.05) is 24.1 Å². The Morgan fingerprint density at radius 1 is 1.23 bits per heavy atom. The van der Waals surface area contributed by atoms with Crippen LogP contribution in [-0.4, -0.2) is 43.2 Å². The van der Waals surface area contributed by atoms with Gasteiger partial charge in [0.25, 0.3) is 5.91 Å². The average molecular weight is 369 g/mol. The predicted molar refractivity (Wildman–Crippen MR) is 110 cm³/mol. The molecule has 26 heavy (non-hydrogen) atoms. The Bertz CT molecular complexity index is 723. The molecule has 1 heterocycles. The van der Waals surface area contributed by atoms with Gasteiger partial charge >= 0.3 is 0 Å². The molecular formula is C22H28N2OS. The molecule has 0 bridgehead atoms. The Labute approximate surface area is 161 Å². The van der Waals surface area contributed by atoms with Gasteiger partial charge in [-0.05, 0) is 62.1 Å². The number of hydrogen-bond acceptors (Lipinski definition) is 3. The molecule has 1 saturated heterocycles. The number of nitrogens with zero attached hydrogens (tertiary/aromatic N) is 1. The van der Waals surface area contributed by atoms with Crippen LogP contribution >= 0.6 is 11.8 Å². The van der Waals surface area contributed by atoms with Crippen molar-refractivity contribution in [3.05, 3.63) is 65.2 Å². The van der Waals surface area contributed by atoms with Gasteiger partial charge in [0.15, 0.2) is 0 Å². The summed E-state index contributed by atoms with van der Waals surface area (Å²) in [6.45, 7) is 4.96. The standard InChI is InChI=1S/C22H28N2OS/c1-17-8-10-21(11-9-17)26-14-13-24(2)22(25)19-6-3-5-18(15-19)20-7-4-12-23-16-20/h3,5-6,8-11,15,20,23H,4,7,12-14,16H2,1-2H3/t20-/m0/s1. The van der Waals surface area contributed by atoms with E-state index in [2.05, 4.69) is 48.6 Å². The second-order valence-electron chi connectivity index (χ2n) is 7.06. The first kappa shape index (κ1) is 19.0. The van der Waals surface area contributed by atoms with E-state index in [4.69, 9.17) is 0 Å². The molecule has 0 unspecified atom stereocenters. The van der Waals surface area contributed by atoms with E-state index in [1.54, 1.807) is 11.8 Å². The van der Waals surface area contributed by atoms with E-state index in [0.29, 0.717) is 5.92 Å². The highest BCUT2D eigenvalue weighted by Gasteiger charge is 2.17. The molecule has 0 aliphatic carbocycles. The zero-order valence-corrected chi connectivity index (χ0v) is 16.5. The summed E-state index contributed by atoms with van der Waals surface area (Å²) in [7, 11) is 1.90. The van der Waals surface area contributed by atoms with Crippen molar-refractivity contribution < 1.29 is 4.79 Å². The Hall–Kier alpha value is -1.78. The Balaban J connectivity index is 1.55. The van der Waals surface area contributed by atoms with Crippen LogP contribution in [0.1, 0.15) is 40.2 Å². The molecule has 2 aromatic carbocycles. The van der Waals surface area contributed by atoms with Gasteiger partial charge in [-0.15, -0.1) is 11.8 Å². The van der Waals surface area contributed by atoms with Crippen LogP contribution in [0, 0.1) is 6.92 Å². The van der Waals surface area contributed by atoms with Crippen LogP contribution < -0.4 is 5.32 Å². The molecule has 0 radical (unpaired) electrons. The number of nitrogens with one attached hydrogen (secondary N) is 1. The molecule has 0 aromatic heterocycles. The Morgan fingerprint density at radius 3 is 2.77 bits per heavy atom. The van der Waals surface area contributed by atoms with Crippen molar-refractivity contribution in [2.75, 3.05) is 32.4 Å². The fourth-order valence-corrected chi connectivity index (χ4v) is 4.25. The van der Waals surface area contributed by atoms with Gasteiger partial charge in [-0.2, -0.15) is 0 Å². The number of piperidine rings is 1. The Morgan fingerprint density at radius 2 is 2.04 bits per heavy atom. The normalized spacial score (nSPS) is 17.1. The molecule has 0 spiro atoms. The monoisotopic (exact) mass is 368 g/mol. The maximum atomic E-state index is 12.8. The summed E-state index contributed by atoms with van der Waals surface area (Å²) in [6, 6.07) is 16.7. The molecule has 1 fully saturated rings. The summed E-state index contributed by atoms with van der Waals surface area (Å²) in [5.41, 5.74) is 3.36. The summed E-state index contributed by atoms with van der Waals surface area (Å²) in [5.74, 6) is 1.54. The van der Waals surface area contributed by atoms with Crippen molar-refractivity contribution in [1.82, 2.24) is 10.2 Å². The molecule has 138 valence electrons. The predicted octanol–water partition coefficient (Wildman–Crippen LogP) is 4.33. The van der Waals surface area contributed by atoms with Gasteiger partial charge in [-0.1, -0.05) is 29.8 Å². The van der Waals surface area contributed by atoms with Crippen LogP contribution in [0.4, 0.5) is 0 Å². The maximum Gasteiger partial charge on any atom is 0.253 e. The molecule has 0 saturated carbocycles. The minimum Gasteiger partial charge on any atom is -0.341 e. The van der Waals surface area contributed by atoms with Gasteiger partial charge in [0.05, 0.1) is 0 Å². The molecular weight excluding hydrogens is 340 g/mol. The third-order valence-corrected chi connectivity index (χ3v) is 5.96. The molecule has 1 atom stereocenters. The number of rotatable bonds is 6. The van der Waals surface area contributed by atoms with E-state index < -0.39 is 0 Å². The topological polar surface area (TPSA) is 32.3 Å². The van der Waals surface area contributed by atoms with Gasteiger partial charge in [0.1, 0.15) is 0 Å². The van der Waals surface area contributed by atoms with E-state index in [-0.39, 0.29) is 5.91 Å². The minimum atomic E-state index is 0.111. The first-order valence-electron chi connectivity index (χ1n) is 9.39. The van der Waals surface area contributed by atoms with E-state index in [0.717, 1.165) is 31.0 Å². The van der Waals surface area contributed by atoms with Gasteiger partial charge in [-0.3, -0.25) is 4.79 Å². The molecule has 1 amide bonds. The molecule has 1 N–H and O–H groups in total. The van der Waals surface area contributed by atoms with Crippen molar-refractivity contribution >= 4 is 17.7 Å². The van der Waals surface area contributed by atoms with E-state index >= 15 is 0 Å². The van der Waals surface area contributed by atoms with Crippen LogP contribution in [0.3, 0.4) is 0 Å². The third-order valence-electron chi connectivity index (χ3n) is 4.96. The lowest BCUT2D eigenvalue weighted by atomic mass is 9.90. The smallest absolute Gasteiger partial charge is 0.253 e. The van der Waals surface area contributed by atoms with Gasteiger partial charge < -0.3 is 10.2 Å². The van der Waals surface area contributed by atoms with Crippen molar-refractivity contribution in [3.8, 4) is 0 Å². The quantitative estimate of drug-likeness (QED) is 0.771. The van der Waals surface area contributed by atoms with E-state index in [9.17, 15) is 4.79 Å².